The van der Waals surface area contributed by atoms with E-state index >= 15 is 0 Å². The molecule has 1 aromatic carbocycles. The Morgan fingerprint density at radius 3 is 2.62 bits per heavy atom. The van der Waals surface area contributed by atoms with Crippen molar-refractivity contribution in [1.82, 2.24) is 0 Å². The van der Waals surface area contributed by atoms with Gasteiger partial charge in [-0.3, -0.25) is 4.79 Å². The molecule has 0 spiro atoms. The summed E-state index contributed by atoms with van der Waals surface area (Å²) < 4.78 is 6.47. The van der Waals surface area contributed by atoms with Crippen LogP contribution in [0.2, 0.25) is 0 Å². The summed E-state index contributed by atoms with van der Waals surface area (Å²) in [5.74, 6) is 0.442. The van der Waals surface area contributed by atoms with Gasteiger partial charge in [0, 0.05) is 11.3 Å². The molecule has 2 nitrogen and oxygen atoms in total. The standard InChI is InChI=1S/C13H13BrO2/c1-7(2)12(15)11-6-9-4-8(3)5-10(14)13(9)16-11/h4-7H,1-3H3. The highest BCUT2D eigenvalue weighted by Crippen LogP contribution is 2.29. The van der Waals surface area contributed by atoms with E-state index in [1.54, 1.807) is 0 Å². The molecule has 0 fully saturated rings. The Morgan fingerprint density at radius 1 is 1.31 bits per heavy atom. The summed E-state index contributed by atoms with van der Waals surface area (Å²) in [5, 5.41) is 0.968. The van der Waals surface area contributed by atoms with Crippen LogP contribution in [0.5, 0.6) is 0 Å². The molecule has 0 aliphatic heterocycles. The zero-order valence-corrected chi connectivity index (χ0v) is 11.1. The van der Waals surface area contributed by atoms with E-state index in [1.165, 1.54) is 0 Å². The van der Waals surface area contributed by atoms with Gasteiger partial charge in [0.15, 0.2) is 5.76 Å². The average molecular weight is 281 g/mol. The van der Waals surface area contributed by atoms with E-state index in [1.807, 2.05) is 39.0 Å². The molecule has 0 amide bonds. The van der Waals surface area contributed by atoms with Gasteiger partial charge in [-0.1, -0.05) is 13.8 Å². The van der Waals surface area contributed by atoms with Crippen LogP contribution < -0.4 is 0 Å². The molecule has 1 aromatic heterocycles. The molecule has 0 N–H and O–H groups in total. The SMILES string of the molecule is Cc1cc(Br)c2oc(C(=O)C(C)C)cc2c1. The second-order valence-electron chi connectivity index (χ2n) is 4.29. The smallest absolute Gasteiger partial charge is 0.200 e. The van der Waals surface area contributed by atoms with E-state index in [2.05, 4.69) is 15.9 Å². The Kier molecular flexibility index (Phi) is 2.89. The molecule has 0 saturated heterocycles. The second kappa shape index (κ2) is 4.06. The number of halogens is 1. The molecule has 84 valence electrons. The minimum absolute atomic E-state index is 0.0413. The summed E-state index contributed by atoms with van der Waals surface area (Å²) in [6, 6.07) is 5.81. The third-order valence-electron chi connectivity index (χ3n) is 2.48. The van der Waals surface area contributed by atoms with E-state index in [9.17, 15) is 4.79 Å². The summed E-state index contributed by atoms with van der Waals surface area (Å²) in [4.78, 5) is 11.8. The van der Waals surface area contributed by atoms with Gasteiger partial charge in [0.25, 0.3) is 0 Å². The van der Waals surface area contributed by atoms with Crippen molar-refractivity contribution in [2.45, 2.75) is 20.8 Å². The second-order valence-corrected chi connectivity index (χ2v) is 5.15. The highest BCUT2D eigenvalue weighted by molar-refractivity contribution is 9.10. The zero-order chi connectivity index (χ0) is 11.9. The van der Waals surface area contributed by atoms with E-state index in [0.29, 0.717) is 5.76 Å². The zero-order valence-electron chi connectivity index (χ0n) is 9.50. The molecule has 0 aliphatic rings. The largest absolute Gasteiger partial charge is 0.452 e. The maximum atomic E-state index is 11.8. The lowest BCUT2D eigenvalue weighted by atomic mass is 10.1. The average Bonchev–Trinajstić information content (AvgIpc) is 2.60. The van der Waals surface area contributed by atoms with Crippen molar-refractivity contribution in [2.24, 2.45) is 5.92 Å². The van der Waals surface area contributed by atoms with Crippen LogP contribution in [0, 0.1) is 12.8 Å². The fourth-order valence-electron chi connectivity index (χ4n) is 1.66. The van der Waals surface area contributed by atoms with Crippen molar-refractivity contribution in [3.8, 4) is 0 Å². The number of rotatable bonds is 2. The molecule has 2 aromatic rings. The van der Waals surface area contributed by atoms with Crippen LogP contribution in [0.3, 0.4) is 0 Å². The number of hydrogen-bond acceptors (Lipinski definition) is 2. The molecule has 1 heterocycles. The van der Waals surface area contributed by atoms with Gasteiger partial charge in [0.1, 0.15) is 5.58 Å². The fraction of sp³-hybridized carbons (Fsp3) is 0.308. The first-order chi connectivity index (χ1) is 7.49. The van der Waals surface area contributed by atoms with Crippen LogP contribution in [0.4, 0.5) is 0 Å². The van der Waals surface area contributed by atoms with Gasteiger partial charge >= 0.3 is 0 Å². The Hall–Kier alpha value is -1.09. The number of Topliss-reactive ketones (excluding diaryl/α,β-unsaturated/α-hetero) is 1. The number of furan rings is 1. The molecule has 0 unspecified atom stereocenters. The maximum Gasteiger partial charge on any atom is 0.200 e. The van der Waals surface area contributed by atoms with Crippen LogP contribution in [0.15, 0.2) is 27.1 Å². The summed E-state index contributed by atoms with van der Waals surface area (Å²) in [5.41, 5.74) is 1.89. The van der Waals surface area contributed by atoms with Gasteiger partial charge < -0.3 is 4.42 Å². The predicted octanol–water partition coefficient (Wildman–Crippen LogP) is 4.34. The molecule has 0 bridgehead atoms. The van der Waals surface area contributed by atoms with Gasteiger partial charge in [-0.25, -0.2) is 0 Å². The molecule has 3 heteroatoms. The van der Waals surface area contributed by atoms with Gasteiger partial charge in [-0.05, 0) is 46.6 Å². The third-order valence-corrected chi connectivity index (χ3v) is 3.07. The summed E-state index contributed by atoms with van der Waals surface area (Å²) >= 11 is 3.44. The Labute approximate surface area is 103 Å². The van der Waals surface area contributed by atoms with Gasteiger partial charge in [0.05, 0.1) is 4.47 Å². The quantitative estimate of drug-likeness (QED) is 0.766. The minimum Gasteiger partial charge on any atom is -0.452 e. The van der Waals surface area contributed by atoms with Crippen LogP contribution in [-0.2, 0) is 0 Å². The third kappa shape index (κ3) is 1.92. The summed E-state index contributed by atoms with van der Waals surface area (Å²) in [7, 11) is 0. The molecular weight excluding hydrogens is 268 g/mol. The Morgan fingerprint density at radius 2 is 2.00 bits per heavy atom. The Bertz CT molecular complexity index is 552. The number of carbonyl (C=O) groups excluding carboxylic acids is 1. The summed E-state index contributed by atoms with van der Waals surface area (Å²) in [6.45, 7) is 5.76. The molecule has 0 aliphatic carbocycles. The number of ketones is 1. The van der Waals surface area contributed by atoms with Crippen LogP contribution in [-0.4, -0.2) is 5.78 Å². The first kappa shape index (κ1) is 11.4. The normalized spacial score (nSPS) is 11.3. The monoisotopic (exact) mass is 280 g/mol. The van der Waals surface area contributed by atoms with Crippen molar-refractivity contribution >= 4 is 32.7 Å². The molecule has 0 atom stereocenters. The number of carbonyl (C=O) groups is 1. The van der Waals surface area contributed by atoms with Crippen molar-refractivity contribution in [1.29, 1.82) is 0 Å². The lowest BCUT2D eigenvalue weighted by Gasteiger charge is -1.98. The first-order valence-corrected chi connectivity index (χ1v) is 6.02. The number of benzene rings is 1. The van der Waals surface area contributed by atoms with Crippen molar-refractivity contribution < 1.29 is 9.21 Å². The van der Waals surface area contributed by atoms with E-state index in [4.69, 9.17) is 4.42 Å². The van der Waals surface area contributed by atoms with E-state index in [-0.39, 0.29) is 11.7 Å². The molecule has 0 radical (unpaired) electrons. The number of fused-ring (bicyclic) bond motifs is 1. The predicted molar refractivity (Wildman–Crippen MR) is 67.8 cm³/mol. The van der Waals surface area contributed by atoms with Crippen molar-refractivity contribution in [3.05, 3.63) is 34.0 Å². The molecule has 0 saturated carbocycles. The molecular formula is C13H13BrO2. The van der Waals surface area contributed by atoms with Gasteiger partial charge in [-0.2, -0.15) is 0 Å². The van der Waals surface area contributed by atoms with E-state index in [0.717, 1.165) is 21.0 Å². The van der Waals surface area contributed by atoms with Crippen LogP contribution >= 0.6 is 15.9 Å². The Balaban J connectivity index is 2.60. The topological polar surface area (TPSA) is 30.2 Å². The van der Waals surface area contributed by atoms with Crippen LogP contribution in [0.25, 0.3) is 11.0 Å². The molecule has 2 rings (SSSR count). The maximum absolute atomic E-state index is 11.8. The molecule has 16 heavy (non-hydrogen) atoms. The first-order valence-electron chi connectivity index (χ1n) is 5.23. The van der Waals surface area contributed by atoms with E-state index < -0.39 is 0 Å². The highest BCUT2D eigenvalue weighted by atomic mass is 79.9. The van der Waals surface area contributed by atoms with Crippen molar-refractivity contribution in [3.63, 3.8) is 0 Å². The highest BCUT2D eigenvalue weighted by Gasteiger charge is 2.16. The number of aryl methyl sites for hydroxylation is 1. The number of hydrogen-bond donors (Lipinski definition) is 0. The van der Waals surface area contributed by atoms with Gasteiger partial charge in [-0.15, -0.1) is 0 Å². The van der Waals surface area contributed by atoms with Gasteiger partial charge in [0.2, 0.25) is 5.78 Å². The lowest BCUT2D eigenvalue weighted by molar-refractivity contribution is 0.0913. The summed E-state index contributed by atoms with van der Waals surface area (Å²) in [6.07, 6.45) is 0. The fourth-order valence-corrected chi connectivity index (χ4v) is 2.33. The lowest BCUT2D eigenvalue weighted by Crippen LogP contribution is -2.05. The van der Waals surface area contributed by atoms with Crippen molar-refractivity contribution in [2.75, 3.05) is 0 Å². The minimum atomic E-state index is -0.0413. The van der Waals surface area contributed by atoms with Crippen LogP contribution in [0.1, 0.15) is 30.0 Å².